The molecular weight excluding hydrogens is 350 g/mol. The Morgan fingerprint density at radius 2 is 0.880 bits per heavy atom. The molecule has 0 aromatic rings. The van der Waals surface area contributed by atoms with E-state index in [0.717, 1.165) is 6.42 Å². The molecule has 0 saturated heterocycles. The van der Waals surface area contributed by atoms with Crippen LogP contribution in [0, 0.1) is 0 Å². The van der Waals surface area contributed by atoms with Crippen LogP contribution in [0.15, 0.2) is 0 Å². The zero-order chi connectivity index (χ0) is 19.6. The molecule has 0 bridgehead atoms. The van der Waals surface area contributed by atoms with Crippen LogP contribution in [0.2, 0.25) is 0 Å². The molecule has 0 heterocycles. The zero-order valence-electron chi connectivity index (χ0n) is 17.9. The van der Waals surface area contributed by atoms with Gasteiger partial charge in [-0.2, -0.15) is 0 Å². The first-order valence-electron chi connectivity index (χ1n) is 10.8. The summed E-state index contributed by atoms with van der Waals surface area (Å²) in [6, 6.07) is 0. The summed E-state index contributed by atoms with van der Waals surface area (Å²) >= 11 is 0. The minimum atomic E-state index is -3.68. The van der Waals surface area contributed by atoms with Crippen LogP contribution in [0.25, 0.3) is 0 Å². The third-order valence-electron chi connectivity index (χ3n) is 5.05. The molecule has 0 fully saturated rings. The van der Waals surface area contributed by atoms with E-state index in [1.807, 2.05) is 6.92 Å². The molecule has 0 atom stereocenters. The van der Waals surface area contributed by atoms with E-state index in [1.165, 1.54) is 51.4 Å². The molecule has 25 heavy (non-hydrogen) atoms. The van der Waals surface area contributed by atoms with Crippen molar-refractivity contribution in [3.63, 3.8) is 0 Å². The summed E-state index contributed by atoms with van der Waals surface area (Å²) in [4.78, 5) is 16.5. The average Bonchev–Trinajstić information content (AvgIpc) is 2.58. The number of hydrogen-bond donors (Lipinski definition) is 2. The molecule has 0 aliphatic heterocycles. The quantitative estimate of drug-likeness (QED) is 0.295. The molecule has 156 valence electrons. The Balaban J connectivity index is 0. The van der Waals surface area contributed by atoms with Gasteiger partial charge in [0.1, 0.15) is 0 Å². The Labute approximate surface area is 159 Å². The monoisotopic (exact) mass is 398 g/mol. The van der Waals surface area contributed by atoms with E-state index in [4.69, 9.17) is 9.79 Å². The molecule has 0 saturated carbocycles. The second-order valence-corrected chi connectivity index (χ2v) is 14.4. The van der Waals surface area contributed by atoms with E-state index < -0.39 is 14.9 Å². The fourth-order valence-corrected chi connectivity index (χ4v) is 9.96. The van der Waals surface area contributed by atoms with Crippen molar-refractivity contribution in [2.75, 3.05) is 30.8 Å². The third kappa shape index (κ3) is 19.2. The Hall–Kier alpha value is 0.580. The molecule has 0 aliphatic rings. The van der Waals surface area contributed by atoms with Crippen molar-refractivity contribution in [3.8, 4) is 0 Å². The third-order valence-corrected chi connectivity index (χ3v) is 11.6. The van der Waals surface area contributed by atoms with Crippen molar-refractivity contribution in [2.45, 2.75) is 98.8 Å². The summed E-state index contributed by atoms with van der Waals surface area (Å²) < 4.78 is 10.1. The maximum atomic E-state index is 10.1. The van der Waals surface area contributed by atoms with Crippen LogP contribution >= 0.6 is 14.9 Å². The summed E-state index contributed by atoms with van der Waals surface area (Å²) in [5.41, 5.74) is 0. The summed E-state index contributed by atoms with van der Waals surface area (Å²) in [7, 11) is -4.56. The van der Waals surface area contributed by atoms with Crippen LogP contribution < -0.4 is 0 Å². The van der Waals surface area contributed by atoms with E-state index in [1.54, 1.807) is 24.6 Å². The van der Waals surface area contributed by atoms with Crippen LogP contribution in [0.3, 0.4) is 0 Å². The molecule has 0 radical (unpaired) electrons. The fraction of sp³-hybridized carbons (Fsp3) is 1.00. The fourth-order valence-electron chi connectivity index (χ4n) is 3.32. The number of unbranched alkanes of at least 4 members (excludes halogenated alkanes) is 5. The SMILES string of the molecule is CCCCP(=O)(O)O.CCCC[PH](CCCC)(CCCC)CCCC. The standard InChI is InChI=1S/C16H37P.C4H11O3P/c1-5-9-13-17(14-10-6-2,15-11-7-3)16-12-8-4;1-2-3-4-8(5,6)7/h17H,5-16H2,1-4H3;2-4H2,1H3,(H2,5,6,7). The second-order valence-electron chi connectivity index (χ2n) is 7.66. The average molecular weight is 399 g/mol. The van der Waals surface area contributed by atoms with Gasteiger partial charge in [-0.15, -0.1) is 0 Å². The van der Waals surface area contributed by atoms with Crippen molar-refractivity contribution in [1.29, 1.82) is 0 Å². The van der Waals surface area contributed by atoms with Crippen LogP contribution in [-0.2, 0) is 4.57 Å². The molecule has 0 unspecified atom stereocenters. The van der Waals surface area contributed by atoms with E-state index in [0.29, 0.717) is 6.42 Å². The number of rotatable bonds is 15. The van der Waals surface area contributed by atoms with E-state index in [-0.39, 0.29) is 6.16 Å². The van der Waals surface area contributed by atoms with Crippen LogP contribution in [0.1, 0.15) is 98.8 Å². The van der Waals surface area contributed by atoms with E-state index in [9.17, 15) is 4.57 Å². The van der Waals surface area contributed by atoms with Gasteiger partial charge >= 0.3 is 119 Å². The topological polar surface area (TPSA) is 57.5 Å². The molecule has 0 aromatic heterocycles. The van der Waals surface area contributed by atoms with E-state index >= 15 is 0 Å². The van der Waals surface area contributed by atoms with Crippen LogP contribution in [0.5, 0.6) is 0 Å². The van der Waals surface area contributed by atoms with Gasteiger partial charge in [-0.1, -0.05) is 13.3 Å². The summed E-state index contributed by atoms with van der Waals surface area (Å²) in [6.07, 6.45) is 19.6. The molecular formula is C20H48O3P2. The summed E-state index contributed by atoms with van der Waals surface area (Å²) in [6.45, 7) is 11.3. The summed E-state index contributed by atoms with van der Waals surface area (Å²) in [5, 5.41) is 0. The van der Waals surface area contributed by atoms with Gasteiger partial charge in [0.2, 0.25) is 0 Å². The van der Waals surface area contributed by atoms with Gasteiger partial charge in [-0.3, -0.25) is 4.57 Å². The minimum absolute atomic E-state index is 0.0312. The Kier molecular flexibility index (Phi) is 20.0. The molecule has 0 amide bonds. The molecule has 0 spiro atoms. The van der Waals surface area contributed by atoms with Crippen molar-refractivity contribution in [3.05, 3.63) is 0 Å². The van der Waals surface area contributed by atoms with Crippen LogP contribution in [-0.4, -0.2) is 40.6 Å². The van der Waals surface area contributed by atoms with E-state index in [2.05, 4.69) is 27.7 Å². The molecule has 3 nitrogen and oxygen atoms in total. The van der Waals surface area contributed by atoms with Crippen LogP contribution in [0.4, 0.5) is 0 Å². The van der Waals surface area contributed by atoms with Gasteiger partial charge in [0, 0.05) is 6.16 Å². The van der Waals surface area contributed by atoms with Crippen molar-refractivity contribution < 1.29 is 14.4 Å². The Morgan fingerprint density at radius 1 is 0.600 bits per heavy atom. The first kappa shape index (κ1) is 27.8. The van der Waals surface area contributed by atoms with Crippen molar-refractivity contribution >= 4 is 14.9 Å². The summed E-state index contributed by atoms with van der Waals surface area (Å²) in [5.74, 6) is 0. The normalized spacial score (nSPS) is 12.6. The molecule has 5 heteroatoms. The maximum absolute atomic E-state index is 10.1. The zero-order valence-corrected chi connectivity index (χ0v) is 19.8. The first-order valence-corrected chi connectivity index (χ1v) is 15.5. The van der Waals surface area contributed by atoms with Gasteiger partial charge in [0.25, 0.3) is 0 Å². The Bertz CT molecular complexity index is 279. The van der Waals surface area contributed by atoms with Gasteiger partial charge < -0.3 is 9.79 Å². The predicted octanol–water partition coefficient (Wildman–Crippen LogP) is 6.90. The molecule has 0 aromatic carbocycles. The van der Waals surface area contributed by atoms with Crippen molar-refractivity contribution in [1.82, 2.24) is 0 Å². The second kappa shape index (κ2) is 18.0. The van der Waals surface area contributed by atoms with Gasteiger partial charge in [0.15, 0.2) is 0 Å². The molecule has 0 aliphatic carbocycles. The first-order chi connectivity index (χ1) is 11.8. The van der Waals surface area contributed by atoms with Gasteiger partial charge in [-0.25, -0.2) is 0 Å². The van der Waals surface area contributed by atoms with Crippen molar-refractivity contribution in [2.24, 2.45) is 0 Å². The predicted molar refractivity (Wildman–Crippen MR) is 119 cm³/mol. The molecule has 0 rings (SSSR count). The number of hydrogen-bond acceptors (Lipinski definition) is 1. The van der Waals surface area contributed by atoms with Gasteiger partial charge in [0.05, 0.1) is 0 Å². The molecule has 2 N–H and O–H groups in total. The Morgan fingerprint density at radius 3 is 1.04 bits per heavy atom. The van der Waals surface area contributed by atoms with Gasteiger partial charge in [-0.05, 0) is 6.42 Å².